The van der Waals surface area contributed by atoms with Crippen molar-refractivity contribution >= 4 is 17.7 Å². The number of imide groups is 1. The third-order valence-corrected chi connectivity index (χ3v) is 1.71. The van der Waals surface area contributed by atoms with Crippen LogP contribution < -0.4 is 15.8 Å². The number of hydrogen-bond donors (Lipinski definition) is 3. The summed E-state index contributed by atoms with van der Waals surface area (Å²) in [5.41, 5.74) is 5.98. The molecular formula is C9H10N2O4. The van der Waals surface area contributed by atoms with Crippen molar-refractivity contribution in [3.8, 4) is 5.75 Å². The van der Waals surface area contributed by atoms with Gasteiger partial charge in [0.25, 0.3) is 5.91 Å². The number of carbonyl (C=O) groups is 2. The zero-order valence-corrected chi connectivity index (χ0v) is 7.98. The van der Waals surface area contributed by atoms with Gasteiger partial charge in [-0.2, -0.15) is 0 Å². The first-order chi connectivity index (χ1) is 7.04. The molecule has 0 saturated carbocycles. The molecule has 1 aromatic carbocycles. The molecule has 0 fully saturated rings. The molecule has 0 saturated heterocycles. The fourth-order valence-electron chi connectivity index (χ4n) is 1.04. The molecule has 0 heterocycles. The van der Waals surface area contributed by atoms with Crippen LogP contribution in [0.2, 0.25) is 0 Å². The first kappa shape index (κ1) is 10.8. The van der Waals surface area contributed by atoms with E-state index in [1.165, 1.54) is 25.3 Å². The fourth-order valence-corrected chi connectivity index (χ4v) is 1.04. The minimum Gasteiger partial charge on any atom is -0.495 e. The van der Waals surface area contributed by atoms with Crippen molar-refractivity contribution in [3.63, 3.8) is 0 Å². The lowest BCUT2D eigenvalue weighted by molar-refractivity contribution is 0.0948. The van der Waals surface area contributed by atoms with Crippen molar-refractivity contribution in [2.24, 2.45) is 0 Å². The standard InChI is InChI=1S/C9H10N2O4/c1-15-7-3-2-5(4-6(7)10)8(12)11-9(13)14/h2-4H,10H2,1H3,(H,11,12)(H,13,14). The molecule has 0 atom stereocenters. The molecule has 1 rings (SSSR count). The molecule has 0 aliphatic carbocycles. The van der Waals surface area contributed by atoms with E-state index in [2.05, 4.69) is 0 Å². The maximum absolute atomic E-state index is 11.2. The Kier molecular flexibility index (Phi) is 3.12. The van der Waals surface area contributed by atoms with Gasteiger partial charge in [-0.05, 0) is 18.2 Å². The van der Waals surface area contributed by atoms with E-state index >= 15 is 0 Å². The number of benzene rings is 1. The number of hydrogen-bond acceptors (Lipinski definition) is 4. The van der Waals surface area contributed by atoms with E-state index in [4.69, 9.17) is 15.6 Å². The number of nitrogens with two attached hydrogens (primary N) is 1. The third-order valence-electron chi connectivity index (χ3n) is 1.71. The van der Waals surface area contributed by atoms with Crippen LogP contribution in [0.3, 0.4) is 0 Å². The molecule has 6 heteroatoms. The summed E-state index contributed by atoms with van der Waals surface area (Å²) in [4.78, 5) is 21.4. The van der Waals surface area contributed by atoms with E-state index in [1.54, 1.807) is 5.32 Å². The van der Waals surface area contributed by atoms with Crippen molar-refractivity contribution in [2.45, 2.75) is 0 Å². The lowest BCUT2D eigenvalue weighted by atomic mass is 10.2. The minimum absolute atomic E-state index is 0.163. The van der Waals surface area contributed by atoms with E-state index in [1.807, 2.05) is 0 Å². The second kappa shape index (κ2) is 4.32. The Hall–Kier alpha value is -2.24. The highest BCUT2D eigenvalue weighted by molar-refractivity contribution is 6.03. The van der Waals surface area contributed by atoms with E-state index in [9.17, 15) is 9.59 Å². The number of rotatable bonds is 2. The van der Waals surface area contributed by atoms with Crippen molar-refractivity contribution in [1.82, 2.24) is 5.32 Å². The molecule has 1 aromatic rings. The second-order valence-corrected chi connectivity index (χ2v) is 2.72. The first-order valence-corrected chi connectivity index (χ1v) is 4.02. The normalized spacial score (nSPS) is 9.40. The van der Waals surface area contributed by atoms with Gasteiger partial charge in [-0.3, -0.25) is 10.1 Å². The van der Waals surface area contributed by atoms with Crippen LogP contribution >= 0.6 is 0 Å². The molecule has 0 aromatic heterocycles. The van der Waals surface area contributed by atoms with Gasteiger partial charge in [0.2, 0.25) is 0 Å². The third kappa shape index (κ3) is 2.60. The van der Waals surface area contributed by atoms with Gasteiger partial charge in [0, 0.05) is 5.56 Å². The van der Waals surface area contributed by atoms with Crippen LogP contribution in [0.15, 0.2) is 18.2 Å². The molecule has 4 N–H and O–H groups in total. The summed E-state index contributed by atoms with van der Waals surface area (Å²) < 4.78 is 4.89. The van der Waals surface area contributed by atoms with Crippen LogP contribution in [0, 0.1) is 0 Å². The SMILES string of the molecule is COc1ccc(C(=O)NC(=O)O)cc1N. The van der Waals surface area contributed by atoms with Gasteiger partial charge in [-0.15, -0.1) is 0 Å². The predicted octanol–water partition coefficient (Wildman–Crippen LogP) is 0.685. The highest BCUT2D eigenvalue weighted by Crippen LogP contribution is 2.21. The maximum atomic E-state index is 11.2. The van der Waals surface area contributed by atoms with Gasteiger partial charge >= 0.3 is 6.09 Å². The largest absolute Gasteiger partial charge is 0.495 e. The number of ether oxygens (including phenoxy) is 1. The summed E-state index contributed by atoms with van der Waals surface area (Å²) in [5.74, 6) is -0.293. The fraction of sp³-hybridized carbons (Fsp3) is 0.111. The second-order valence-electron chi connectivity index (χ2n) is 2.72. The van der Waals surface area contributed by atoms with E-state index in [0.29, 0.717) is 5.75 Å². The highest BCUT2D eigenvalue weighted by atomic mass is 16.5. The number of carboxylic acid groups (broad SMARTS) is 1. The zero-order valence-electron chi connectivity index (χ0n) is 7.98. The molecule has 0 aliphatic rings. The molecule has 6 nitrogen and oxygen atoms in total. The minimum atomic E-state index is -1.41. The molecule has 15 heavy (non-hydrogen) atoms. The Morgan fingerprint density at radius 2 is 2.13 bits per heavy atom. The lowest BCUT2D eigenvalue weighted by Crippen LogP contribution is -2.28. The van der Waals surface area contributed by atoms with Crippen LogP contribution in [0.1, 0.15) is 10.4 Å². The van der Waals surface area contributed by atoms with E-state index in [0.717, 1.165) is 0 Å². The average Bonchev–Trinajstić information content (AvgIpc) is 2.16. The summed E-state index contributed by atoms with van der Waals surface area (Å²) in [5, 5.41) is 10.0. The van der Waals surface area contributed by atoms with Crippen LogP contribution in [0.4, 0.5) is 10.5 Å². The Balaban J connectivity index is 2.92. The van der Waals surface area contributed by atoms with Crippen molar-refractivity contribution in [2.75, 3.05) is 12.8 Å². The molecule has 0 radical (unpaired) electrons. The van der Waals surface area contributed by atoms with Gasteiger partial charge in [0.1, 0.15) is 5.75 Å². The van der Waals surface area contributed by atoms with Gasteiger partial charge in [-0.25, -0.2) is 4.79 Å². The molecule has 0 unspecified atom stereocenters. The van der Waals surface area contributed by atoms with Crippen LogP contribution in [-0.4, -0.2) is 24.2 Å². The van der Waals surface area contributed by atoms with Crippen LogP contribution in [0.5, 0.6) is 5.75 Å². The highest BCUT2D eigenvalue weighted by Gasteiger charge is 2.10. The first-order valence-electron chi connectivity index (χ1n) is 4.02. The summed E-state index contributed by atoms with van der Waals surface area (Å²) in [6.45, 7) is 0. The maximum Gasteiger partial charge on any atom is 0.411 e. The summed E-state index contributed by atoms with van der Waals surface area (Å²) in [6, 6.07) is 4.26. The summed E-state index contributed by atoms with van der Waals surface area (Å²) in [7, 11) is 1.45. The number of nitrogens with one attached hydrogen (secondary N) is 1. The van der Waals surface area contributed by atoms with Gasteiger partial charge < -0.3 is 15.6 Å². The molecule has 0 spiro atoms. The average molecular weight is 210 g/mol. The molecule has 0 aliphatic heterocycles. The number of carbonyl (C=O) groups excluding carboxylic acids is 1. The number of anilines is 1. The predicted molar refractivity (Wildman–Crippen MR) is 52.9 cm³/mol. The Labute approximate surface area is 85.6 Å². The van der Waals surface area contributed by atoms with Crippen molar-refractivity contribution in [3.05, 3.63) is 23.8 Å². The van der Waals surface area contributed by atoms with Crippen LogP contribution in [-0.2, 0) is 0 Å². The molecule has 2 amide bonds. The topological polar surface area (TPSA) is 102 Å². The number of amides is 2. The zero-order chi connectivity index (χ0) is 11.4. The quantitative estimate of drug-likeness (QED) is 0.623. The smallest absolute Gasteiger partial charge is 0.411 e. The lowest BCUT2D eigenvalue weighted by Gasteiger charge is -2.05. The van der Waals surface area contributed by atoms with Crippen molar-refractivity contribution < 1.29 is 19.4 Å². The monoisotopic (exact) mass is 210 g/mol. The van der Waals surface area contributed by atoms with Crippen molar-refractivity contribution in [1.29, 1.82) is 0 Å². The van der Waals surface area contributed by atoms with E-state index < -0.39 is 12.0 Å². The van der Waals surface area contributed by atoms with Gasteiger partial charge in [0.05, 0.1) is 12.8 Å². The van der Waals surface area contributed by atoms with Gasteiger partial charge in [0.15, 0.2) is 0 Å². The summed E-state index contributed by atoms with van der Waals surface area (Å²) in [6.07, 6.45) is -1.41. The Bertz CT molecular complexity index is 403. The number of nitrogen functional groups attached to an aromatic ring is 1. The molecular weight excluding hydrogens is 200 g/mol. The van der Waals surface area contributed by atoms with E-state index in [-0.39, 0.29) is 11.3 Å². The molecule has 0 bridgehead atoms. The Morgan fingerprint density at radius 1 is 1.47 bits per heavy atom. The Morgan fingerprint density at radius 3 is 2.60 bits per heavy atom. The van der Waals surface area contributed by atoms with Gasteiger partial charge in [-0.1, -0.05) is 0 Å². The molecule has 80 valence electrons. The van der Waals surface area contributed by atoms with Crippen LogP contribution in [0.25, 0.3) is 0 Å². The number of methoxy groups -OCH3 is 1. The summed E-state index contributed by atoms with van der Waals surface area (Å²) >= 11 is 0.